The molecule has 0 aromatic carbocycles. The number of nitrogen functional groups attached to an aromatic ring is 1. The van der Waals surface area contributed by atoms with Crippen LogP contribution in [-0.2, 0) is 11.8 Å². The predicted molar refractivity (Wildman–Crippen MR) is 97.8 cm³/mol. The fraction of sp³-hybridized carbons (Fsp3) is 0.333. The van der Waals surface area contributed by atoms with Crippen molar-refractivity contribution >= 4 is 23.4 Å². The predicted octanol–water partition coefficient (Wildman–Crippen LogP) is 1.11. The fourth-order valence-electron chi connectivity index (χ4n) is 4.05. The number of imide groups is 1. The number of carbonyl (C=O) groups is 2. The van der Waals surface area contributed by atoms with E-state index in [0.29, 0.717) is 24.4 Å². The summed E-state index contributed by atoms with van der Waals surface area (Å²) in [4.78, 5) is 30.3. The maximum absolute atomic E-state index is 12.0. The average molecular weight is 365 g/mol. The fourth-order valence-corrected chi connectivity index (χ4v) is 4.05. The summed E-state index contributed by atoms with van der Waals surface area (Å²) >= 11 is 0. The lowest BCUT2D eigenvalue weighted by atomic mass is 9.90. The molecule has 0 bridgehead atoms. The van der Waals surface area contributed by atoms with Crippen molar-refractivity contribution in [1.82, 2.24) is 29.4 Å². The third-order valence-electron chi connectivity index (χ3n) is 5.46. The lowest BCUT2D eigenvalue weighted by Crippen LogP contribution is -2.42. The summed E-state index contributed by atoms with van der Waals surface area (Å²) in [5.74, 6) is 0.327. The van der Waals surface area contributed by atoms with Crippen LogP contribution in [0, 0.1) is 0 Å². The van der Waals surface area contributed by atoms with Gasteiger partial charge in [-0.2, -0.15) is 9.61 Å². The summed E-state index contributed by atoms with van der Waals surface area (Å²) in [6.07, 6.45) is 7.14. The molecule has 3 N–H and O–H groups in total. The third kappa shape index (κ3) is 2.38. The van der Waals surface area contributed by atoms with Gasteiger partial charge in [0.15, 0.2) is 5.65 Å². The van der Waals surface area contributed by atoms with Crippen LogP contribution in [0.15, 0.2) is 30.7 Å². The van der Waals surface area contributed by atoms with Crippen molar-refractivity contribution in [2.45, 2.75) is 24.8 Å². The summed E-state index contributed by atoms with van der Waals surface area (Å²) in [7, 11) is 1.96. The van der Waals surface area contributed by atoms with E-state index in [9.17, 15) is 9.59 Å². The van der Waals surface area contributed by atoms with Gasteiger partial charge >= 0.3 is 6.03 Å². The second kappa shape index (κ2) is 5.57. The van der Waals surface area contributed by atoms with Gasteiger partial charge in [0.1, 0.15) is 11.9 Å². The van der Waals surface area contributed by atoms with Gasteiger partial charge in [-0.15, -0.1) is 0 Å². The van der Waals surface area contributed by atoms with Crippen molar-refractivity contribution in [2.75, 3.05) is 12.3 Å². The van der Waals surface area contributed by atoms with Crippen LogP contribution < -0.4 is 11.1 Å². The van der Waals surface area contributed by atoms with E-state index < -0.39 is 0 Å². The molecule has 5 rings (SSSR count). The van der Waals surface area contributed by atoms with E-state index in [1.54, 1.807) is 15.6 Å². The molecule has 2 fully saturated rings. The van der Waals surface area contributed by atoms with Crippen molar-refractivity contribution in [3.05, 3.63) is 36.4 Å². The van der Waals surface area contributed by atoms with E-state index in [0.717, 1.165) is 23.2 Å². The van der Waals surface area contributed by atoms with Crippen molar-refractivity contribution in [1.29, 1.82) is 0 Å². The molecule has 2 atom stereocenters. The first-order valence-electron chi connectivity index (χ1n) is 8.89. The molecule has 0 spiro atoms. The molecule has 138 valence electrons. The normalized spacial score (nSPS) is 22.3. The number of hydrogen-bond acceptors (Lipinski definition) is 5. The zero-order valence-corrected chi connectivity index (χ0v) is 14.8. The number of amides is 3. The SMILES string of the molecule is Cn1ccc(-c2cnn3c(N)cc(C4CCC5C(=O)NC(=O)N5C4)nc23)c1. The van der Waals surface area contributed by atoms with E-state index in [4.69, 9.17) is 10.7 Å². The molecule has 9 nitrogen and oxygen atoms in total. The quantitative estimate of drug-likeness (QED) is 0.661. The Kier molecular flexibility index (Phi) is 3.27. The van der Waals surface area contributed by atoms with Gasteiger partial charge in [-0.1, -0.05) is 0 Å². The highest BCUT2D eigenvalue weighted by Gasteiger charge is 2.43. The molecule has 0 saturated carbocycles. The molecule has 0 radical (unpaired) electrons. The molecule has 9 heteroatoms. The minimum Gasteiger partial charge on any atom is -0.384 e. The standard InChI is InChI=1S/C18H19N7O2/c1-23-5-4-10(8-23)12-7-20-25-15(19)6-13(21-16(12)25)11-2-3-14-17(26)22-18(27)24(14)9-11/h4-8,11,14H,2-3,9,19H2,1H3,(H,22,26,27). The summed E-state index contributed by atoms with van der Waals surface area (Å²) in [6.45, 7) is 0.458. The molecule has 2 aliphatic rings. The molecule has 27 heavy (non-hydrogen) atoms. The van der Waals surface area contributed by atoms with Crippen molar-refractivity contribution in [3.63, 3.8) is 0 Å². The molecule has 0 aliphatic carbocycles. The Morgan fingerprint density at radius 2 is 2.15 bits per heavy atom. The van der Waals surface area contributed by atoms with E-state index in [2.05, 4.69) is 10.4 Å². The zero-order valence-electron chi connectivity index (χ0n) is 14.8. The van der Waals surface area contributed by atoms with E-state index >= 15 is 0 Å². The second-order valence-electron chi connectivity index (χ2n) is 7.20. The van der Waals surface area contributed by atoms with E-state index in [1.807, 2.05) is 36.1 Å². The number of piperidine rings is 1. The molecule has 3 amide bonds. The number of hydrogen-bond donors (Lipinski definition) is 2. The van der Waals surface area contributed by atoms with Gasteiger partial charge in [-0.25, -0.2) is 9.78 Å². The largest absolute Gasteiger partial charge is 0.384 e. The van der Waals surface area contributed by atoms with Crippen LogP contribution in [0.2, 0.25) is 0 Å². The number of rotatable bonds is 2. The first-order chi connectivity index (χ1) is 13.0. The highest BCUT2D eigenvalue weighted by Crippen LogP contribution is 2.33. The van der Waals surface area contributed by atoms with E-state index in [1.165, 1.54) is 0 Å². The van der Waals surface area contributed by atoms with Crippen molar-refractivity contribution < 1.29 is 9.59 Å². The van der Waals surface area contributed by atoms with Gasteiger partial charge < -0.3 is 15.2 Å². The number of nitrogens with two attached hydrogens (primary N) is 1. The van der Waals surface area contributed by atoms with Crippen molar-refractivity contribution in [2.24, 2.45) is 7.05 Å². The number of nitrogens with one attached hydrogen (secondary N) is 1. The van der Waals surface area contributed by atoms with Gasteiger partial charge in [0, 0.05) is 49.1 Å². The Hall–Kier alpha value is -3.36. The Balaban J connectivity index is 1.54. The number of anilines is 1. The zero-order chi connectivity index (χ0) is 18.7. The molecule has 2 unspecified atom stereocenters. The Morgan fingerprint density at radius 3 is 2.93 bits per heavy atom. The van der Waals surface area contributed by atoms with Crippen LogP contribution in [0.1, 0.15) is 24.5 Å². The highest BCUT2D eigenvalue weighted by molar-refractivity contribution is 6.04. The number of carbonyl (C=O) groups excluding carboxylic acids is 2. The van der Waals surface area contributed by atoms with E-state index in [-0.39, 0.29) is 23.9 Å². The van der Waals surface area contributed by atoms with Gasteiger partial charge in [0.25, 0.3) is 5.91 Å². The molecule has 3 aromatic rings. The molecule has 5 heterocycles. The summed E-state index contributed by atoms with van der Waals surface area (Å²) in [5, 5.41) is 6.75. The van der Waals surface area contributed by atoms with Crippen molar-refractivity contribution in [3.8, 4) is 11.1 Å². The first-order valence-corrected chi connectivity index (χ1v) is 8.89. The van der Waals surface area contributed by atoms with Crippen LogP contribution >= 0.6 is 0 Å². The summed E-state index contributed by atoms with van der Waals surface area (Å²) in [6, 6.07) is 3.14. The number of nitrogens with zero attached hydrogens (tertiary/aromatic N) is 5. The molecular formula is C18H19N7O2. The van der Waals surface area contributed by atoms with Crippen LogP contribution in [0.5, 0.6) is 0 Å². The molecule has 3 aromatic heterocycles. The third-order valence-corrected chi connectivity index (χ3v) is 5.46. The number of urea groups is 1. The monoisotopic (exact) mass is 365 g/mol. The topological polar surface area (TPSA) is 111 Å². The van der Waals surface area contributed by atoms with Crippen LogP contribution in [0.4, 0.5) is 10.6 Å². The lowest BCUT2D eigenvalue weighted by Gasteiger charge is -2.32. The smallest absolute Gasteiger partial charge is 0.324 e. The van der Waals surface area contributed by atoms with Gasteiger partial charge in [0.05, 0.1) is 11.9 Å². The maximum Gasteiger partial charge on any atom is 0.324 e. The minimum atomic E-state index is -0.357. The van der Waals surface area contributed by atoms with Crippen LogP contribution in [-0.4, -0.2) is 48.6 Å². The number of aromatic nitrogens is 4. The van der Waals surface area contributed by atoms with Crippen LogP contribution in [0.25, 0.3) is 16.8 Å². The summed E-state index contributed by atoms with van der Waals surface area (Å²) < 4.78 is 3.60. The average Bonchev–Trinajstić information content (AvgIpc) is 3.33. The van der Waals surface area contributed by atoms with Crippen LogP contribution in [0.3, 0.4) is 0 Å². The van der Waals surface area contributed by atoms with Gasteiger partial charge in [-0.05, 0) is 18.9 Å². The number of fused-ring (bicyclic) bond motifs is 2. The minimum absolute atomic E-state index is 0.0312. The molecular weight excluding hydrogens is 346 g/mol. The Bertz CT molecular complexity index is 1080. The molecule has 2 aliphatic heterocycles. The second-order valence-corrected chi connectivity index (χ2v) is 7.20. The highest BCUT2D eigenvalue weighted by atomic mass is 16.2. The van der Waals surface area contributed by atoms with Gasteiger partial charge in [0.2, 0.25) is 0 Å². The Morgan fingerprint density at radius 1 is 1.30 bits per heavy atom. The maximum atomic E-state index is 12.0. The van der Waals surface area contributed by atoms with Gasteiger partial charge in [-0.3, -0.25) is 10.1 Å². The number of aryl methyl sites for hydroxylation is 1. The lowest BCUT2D eigenvalue weighted by molar-refractivity contribution is -0.122. The summed E-state index contributed by atoms with van der Waals surface area (Å²) in [5.41, 5.74) is 9.67. The molecule has 2 saturated heterocycles. The first kappa shape index (κ1) is 15.9. The Labute approximate surface area is 154 Å².